The van der Waals surface area contributed by atoms with Gasteiger partial charge in [0.15, 0.2) is 0 Å². The van der Waals surface area contributed by atoms with Crippen molar-refractivity contribution in [3.05, 3.63) is 34.9 Å². The molecule has 1 aromatic carbocycles. The first-order valence-corrected chi connectivity index (χ1v) is 5.60. The largest absolute Gasteiger partial charge is 0.303 e. The smallest absolute Gasteiger partial charge is 0.126 e. The Morgan fingerprint density at radius 2 is 2.13 bits per heavy atom. The summed E-state index contributed by atoms with van der Waals surface area (Å²) in [6, 6.07) is 6.62. The van der Waals surface area contributed by atoms with Gasteiger partial charge in [0.05, 0.1) is 0 Å². The maximum absolute atomic E-state index is 11.1. The number of hydrogen-bond acceptors (Lipinski definition) is 1. The fourth-order valence-electron chi connectivity index (χ4n) is 2.58. The second kappa shape index (κ2) is 3.48. The van der Waals surface area contributed by atoms with Crippen molar-refractivity contribution in [2.24, 2.45) is 5.41 Å². The van der Waals surface area contributed by atoms with Crippen LogP contribution in [0.3, 0.4) is 0 Å². The molecule has 1 nitrogen and oxygen atoms in total. The molecule has 1 aromatic rings. The zero-order valence-corrected chi connectivity index (χ0v) is 9.71. The van der Waals surface area contributed by atoms with Gasteiger partial charge in [0, 0.05) is 5.41 Å². The third-order valence-corrected chi connectivity index (χ3v) is 3.58. The Bertz CT molecular complexity index is 390. The van der Waals surface area contributed by atoms with Crippen LogP contribution in [0.4, 0.5) is 0 Å². The van der Waals surface area contributed by atoms with E-state index in [1.807, 2.05) is 13.8 Å². The second-order valence-corrected chi connectivity index (χ2v) is 5.23. The van der Waals surface area contributed by atoms with E-state index in [9.17, 15) is 4.79 Å². The molecule has 0 radical (unpaired) electrons. The Labute approximate surface area is 91.5 Å². The van der Waals surface area contributed by atoms with Crippen LogP contribution in [0.2, 0.25) is 0 Å². The fourth-order valence-corrected chi connectivity index (χ4v) is 2.58. The van der Waals surface area contributed by atoms with E-state index in [0.717, 1.165) is 19.1 Å². The predicted octanol–water partition coefficient (Wildman–Crippen LogP) is 3.25. The Kier molecular flexibility index (Phi) is 2.41. The molecular formula is C14H18O. The highest BCUT2D eigenvalue weighted by Gasteiger charge is 2.35. The highest BCUT2D eigenvalue weighted by Crippen LogP contribution is 2.44. The normalized spacial score (nSPS) is 20.1. The third-order valence-electron chi connectivity index (χ3n) is 3.58. The summed E-state index contributed by atoms with van der Waals surface area (Å²) in [6.45, 7) is 6.20. The number of carbonyl (C=O) groups is 1. The van der Waals surface area contributed by atoms with E-state index in [-0.39, 0.29) is 5.41 Å². The summed E-state index contributed by atoms with van der Waals surface area (Å²) in [5.41, 5.74) is 3.90. The van der Waals surface area contributed by atoms with Gasteiger partial charge in [-0.15, -0.1) is 0 Å². The van der Waals surface area contributed by atoms with Crippen LogP contribution in [0, 0.1) is 12.3 Å². The molecule has 15 heavy (non-hydrogen) atoms. The molecule has 0 aromatic heterocycles. The fraction of sp³-hybridized carbons (Fsp3) is 0.500. The average molecular weight is 202 g/mol. The van der Waals surface area contributed by atoms with Crippen molar-refractivity contribution in [1.29, 1.82) is 0 Å². The zero-order chi connectivity index (χ0) is 11.1. The molecule has 0 heterocycles. The molecular weight excluding hydrogens is 184 g/mol. The molecule has 0 amide bonds. The van der Waals surface area contributed by atoms with E-state index >= 15 is 0 Å². The van der Waals surface area contributed by atoms with Crippen LogP contribution in [0.15, 0.2) is 18.2 Å². The zero-order valence-electron chi connectivity index (χ0n) is 9.71. The lowest BCUT2D eigenvalue weighted by atomic mass is 9.76. The quantitative estimate of drug-likeness (QED) is 0.673. The van der Waals surface area contributed by atoms with E-state index in [1.54, 1.807) is 0 Å². The minimum Gasteiger partial charge on any atom is -0.303 e. The lowest BCUT2D eigenvalue weighted by Gasteiger charge is -2.26. The number of rotatable bonds is 2. The van der Waals surface area contributed by atoms with Crippen LogP contribution in [-0.4, -0.2) is 6.29 Å². The Morgan fingerprint density at radius 1 is 1.40 bits per heavy atom. The van der Waals surface area contributed by atoms with Crippen LogP contribution in [0.25, 0.3) is 0 Å². The molecule has 1 heteroatoms. The van der Waals surface area contributed by atoms with E-state index in [1.165, 1.54) is 16.7 Å². The Morgan fingerprint density at radius 3 is 2.80 bits per heavy atom. The highest BCUT2D eigenvalue weighted by atomic mass is 16.1. The molecule has 1 unspecified atom stereocenters. The molecule has 2 rings (SSSR count). The van der Waals surface area contributed by atoms with Gasteiger partial charge in [-0.05, 0) is 36.8 Å². The van der Waals surface area contributed by atoms with Crippen molar-refractivity contribution in [2.45, 2.75) is 39.5 Å². The van der Waals surface area contributed by atoms with E-state index < -0.39 is 0 Å². The second-order valence-electron chi connectivity index (χ2n) is 5.23. The first-order valence-electron chi connectivity index (χ1n) is 5.60. The molecule has 0 aliphatic heterocycles. The SMILES string of the molecule is Cc1ccc2c(c1)C(C(C)(C)C=O)CC2. The molecule has 0 saturated carbocycles. The number of aldehydes is 1. The minimum atomic E-state index is -0.223. The van der Waals surface area contributed by atoms with Crippen molar-refractivity contribution >= 4 is 6.29 Å². The van der Waals surface area contributed by atoms with Gasteiger partial charge in [-0.3, -0.25) is 0 Å². The molecule has 1 atom stereocenters. The summed E-state index contributed by atoms with van der Waals surface area (Å²) in [7, 11) is 0. The number of fused-ring (bicyclic) bond motifs is 1. The van der Waals surface area contributed by atoms with Gasteiger partial charge in [0.2, 0.25) is 0 Å². The molecule has 0 fully saturated rings. The molecule has 80 valence electrons. The van der Waals surface area contributed by atoms with Gasteiger partial charge in [0.25, 0.3) is 0 Å². The lowest BCUT2D eigenvalue weighted by molar-refractivity contribution is -0.115. The van der Waals surface area contributed by atoms with E-state index in [0.29, 0.717) is 5.92 Å². The van der Waals surface area contributed by atoms with Crippen molar-refractivity contribution < 1.29 is 4.79 Å². The Hall–Kier alpha value is -1.11. The van der Waals surface area contributed by atoms with Gasteiger partial charge < -0.3 is 4.79 Å². The van der Waals surface area contributed by atoms with E-state index in [2.05, 4.69) is 25.1 Å². The number of carbonyl (C=O) groups excluding carboxylic acids is 1. The molecule has 0 saturated heterocycles. The average Bonchev–Trinajstić information content (AvgIpc) is 2.61. The summed E-state index contributed by atoms with van der Waals surface area (Å²) in [6.07, 6.45) is 3.34. The van der Waals surface area contributed by atoms with Gasteiger partial charge in [-0.1, -0.05) is 37.6 Å². The minimum absolute atomic E-state index is 0.223. The van der Waals surface area contributed by atoms with Gasteiger partial charge >= 0.3 is 0 Å². The van der Waals surface area contributed by atoms with Crippen LogP contribution < -0.4 is 0 Å². The maximum Gasteiger partial charge on any atom is 0.126 e. The van der Waals surface area contributed by atoms with Crippen LogP contribution in [0.1, 0.15) is 42.9 Å². The maximum atomic E-state index is 11.1. The van der Waals surface area contributed by atoms with Crippen molar-refractivity contribution in [2.75, 3.05) is 0 Å². The summed E-state index contributed by atoms with van der Waals surface area (Å²) in [5, 5.41) is 0. The van der Waals surface area contributed by atoms with E-state index in [4.69, 9.17) is 0 Å². The lowest BCUT2D eigenvalue weighted by Crippen LogP contribution is -2.21. The number of aryl methyl sites for hydroxylation is 2. The summed E-state index contributed by atoms with van der Waals surface area (Å²) >= 11 is 0. The van der Waals surface area contributed by atoms with Crippen molar-refractivity contribution in [3.8, 4) is 0 Å². The topological polar surface area (TPSA) is 17.1 Å². The van der Waals surface area contributed by atoms with Crippen LogP contribution in [-0.2, 0) is 11.2 Å². The van der Waals surface area contributed by atoms with Gasteiger partial charge in [-0.25, -0.2) is 0 Å². The number of hydrogen-bond donors (Lipinski definition) is 0. The van der Waals surface area contributed by atoms with Crippen LogP contribution >= 0.6 is 0 Å². The monoisotopic (exact) mass is 202 g/mol. The molecule has 0 spiro atoms. The highest BCUT2D eigenvalue weighted by molar-refractivity contribution is 5.61. The molecule has 1 aliphatic carbocycles. The molecule has 1 aliphatic rings. The van der Waals surface area contributed by atoms with Crippen LogP contribution in [0.5, 0.6) is 0 Å². The predicted molar refractivity (Wildman–Crippen MR) is 62.1 cm³/mol. The van der Waals surface area contributed by atoms with Gasteiger partial charge in [0.1, 0.15) is 6.29 Å². The summed E-state index contributed by atoms with van der Waals surface area (Å²) < 4.78 is 0. The summed E-state index contributed by atoms with van der Waals surface area (Å²) in [4.78, 5) is 11.1. The van der Waals surface area contributed by atoms with Gasteiger partial charge in [-0.2, -0.15) is 0 Å². The molecule has 0 N–H and O–H groups in total. The van der Waals surface area contributed by atoms with Crippen molar-refractivity contribution in [3.63, 3.8) is 0 Å². The summed E-state index contributed by atoms with van der Waals surface area (Å²) in [5.74, 6) is 0.407. The standard InChI is InChI=1S/C14H18O/c1-10-4-5-11-6-7-13(12(11)8-10)14(2,3)9-15/h4-5,8-9,13H,6-7H2,1-3H3. The van der Waals surface area contributed by atoms with Crippen molar-refractivity contribution in [1.82, 2.24) is 0 Å². The molecule has 0 bridgehead atoms. The first kappa shape index (κ1) is 10.4. The Balaban J connectivity index is 2.43. The number of benzene rings is 1. The third kappa shape index (κ3) is 1.71. The first-order chi connectivity index (χ1) is 7.04.